The van der Waals surface area contributed by atoms with Crippen LogP contribution in [0.15, 0.2) is 22.2 Å². The van der Waals surface area contributed by atoms with Gasteiger partial charge in [-0.25, -0.2) is 0 Å². The quantitative estimate of drug-likeness (QED) is 0.448. The summed E-state index contributed by atoms with van der Waals surface area (Å²) in [6, 6.07) is 0. The molecule has 0 radical (unpaired) electrons. The molecule has 0 aliphatic carbocycles. The first kappa shape index (κ1) is 8.06. The van der Waals surface area contributed by atoms with E-state index in [0.29, 0.717) is 0 Å². The molecular formula is C4H10OSSi2. The molecule has 0 fully saturated rings. The Morgan fingerprint density at radius 3 is 1.75 bits per heavy atom. The minimum Gasteiger partial charge on any atom is -0.250 e. The fourth-order valence-corrected chi connectivity index (χ4v) is 2.55. The van der Waals surface area contributed by atoms with Crippen LogP contribution in [0.5, 0.6) is 0 Å². The van der Waals surface area contributed by atoms with Crippen molar-refractivity contribution in [1.82, 2.24) is 0 Å². The molecular weight excluding hydrogens is 152 g/mol. The SMILES string of the molecule is O=S(C=C[SiH3])C=C[SiH3]. The lowest BCUT2D eigenvalue weighted by Crippen LogP contribution is -1.73. The maximum Gasteiger partial charge on any atom is 0.0687 e. The van der Waals surface area contributed by atoms with Crippen LogP contribution in [0.25, 0.3) is 0 Å². The highest BCUT2D eigenvalue weighted by Crippen LogP contribution is 1.83. The Balaban J connectivity index is 3.66. The summed E-state index contributed by atoms with van der Waals surface area (Å²) in [4.78, 5) is 0. The van der Waals surface area contributed by atoms with Crippen LogP contribution >= 0.6 is 0 Å². The van der Waals surface area contributed by atoms with Crippen molar-refractivity contribution in [2.24, 2.45) is 0 Å². The van der Waals surface area contributed by atoms with Gasteiger partial charge in [0.15, 0.2) is 0 Å². The number of rotatable bonds is 2. The topological polar surface area (TPSA) is 17.1 Å². The lowest BCUT2D eigenvalue weighted by atomic mass is 11.2. The van der Waals surface area contributed by atoms with Crippen LogP contribution in [-0.4, -0.2) is 24.7 Å². The second kappa shape index (κ2) is 5.21. The van der Waals surface area contributed by atoms with Crippen LogP contribution in [0.3, 0.4) is 0 Å². The summed E-state index contributed by atoms with van der Waals surface area (Å²) in [5.41, 5.74) is 3.86. The third kappa shape index (κ3) is 4.23. The highest BCUT2D eigenvalue weighted by Gasteiger charge is 1.77. The summed E-state index contributed by atoms with van der Waals surface area (Å²) in [5.74, 6) is 0. The Kier molecular flexibility index (Phi) is 5.25. The van der Waals surface area contributed by atoms with E-state index in [9.17, 15) is 4.21 Å². The molecule has 0 aromatic heterocycles. The molecule has 0 amide bonds. The van der Waals surface area contributed by atoms with E-state index in [1.807, 2.05) is 11.4 Å². The van der Waals surface area contributed by atoms with Gasteiger partial charge in [-0.3, -0.25) is 4.21 Å². The van der Waals surface area contributed by atoms with Crippen molar-refractivity contribution in [1.29, 1.82) is 0 Å². The van der Waals surface area contributed by atoms with Crippen molar-refractivity contribution >= 4 is 31.3 Å². The maximum absolute atomic E-state index is 10.6. The molecule has 4 heteroatoms. The van der Waals surface area contributed by atoms with Gasteiger partial charge >= 0.3 is 0 Å². The number of hydrogen-bond donors (Lipinski definition) is 0. The standard InChI is InChI=1S/C4H10OSSi2/c5-6(1-3-7)2-4-8/h1-4H,7-8H3. The minimum atomic E-state index is -0.812. The lowest BCUT2D eigenvalue weighted by molar-refractivity contribution is 0.693. The average molecular weight is 162 g/mol. The van der Waals surface area contributed by atoms with Crippen LogP contribution in [-0.2, 0) is 10.8 Å². The van der Waals surface area contributed by atoms with Gasteiger partial charge in [-0.05, 0) is 10.8 Å². The molecule has 0 N–H and O–H groups in total. The van der Waals surface area contributed by atoms with Gasteiger partial charge in [-0.15, -0.1) is 0 Å². The van der Waals surface area contributed by atoms with Gasteiger partial charge in [0.05, 0.1) is 10.8 Å². The highest BCUT2D eigenvalue weighted by atomic mass is 32.2. The first-order valence-electron chi connectivity index (χ1n) is 2.46. The maximum atomic E-state index is 10.6. The Morgan fingerprint density at radius 2 is 1.50 bits per heavy atom. The van der Waals surface area contributed by atoms with E-state index < -0.39 is 10.8 Å². The van der Waals surface area contributed by atoms with E-state index in [4.69, 9.17) is 0 Å². The van der Waals surface area contributed by atoms with Gasteiger partial charge in [0.1, 0.15) is 0 Å². The van der Waals surface area contributed by atoms with Crippen molar-refractivity contribution in [2.75, 3.05) is 0 Å². The first-order chi connectivity index (χ1) is 3.81. The predicted octanol–water partition coefficient (Wildman–Crippen LogP) is -1.59. The second-order valence-corrected chi connectivity index (χ2v) is 3.80. The molecule has 0 unspecified atom stereocenters. The molecule has 0 saturated carbocycles. The first-order valence-corrected chi connectivity index (χ1v) is 6.04. The van der Waals surface area contributed by atoms with E-state index in [-0.39, 0.29) is 0 Å². The summed E-state index contributed by atoms with van der Waals surface area (Å²) < 4.78 is 10.6. The predicted molar refractivity (Wildman–Crippen MR) is 46.3 cm³/mol. The Morgan fingerprint density at radius 1 is 1.12 bits per heavy atom. The van der Waals surface area contributed by atoms with Crippen molar-refractivity contribution in [3.05, 3.63) is 22.2 Å². The third-order valence-corrected chi connectivity index (χ3v) is 3.25. The minimum absolute atomic E-state index is 0.812. The fourth-order valence-electron chi connectivity index (χ4n) is 0.314. The smallest absolute Gasteiger partial charge is 0.0687 e. The molecule has 8 heavy (non-hydrogen) atoms. The molecule has 0 saturated heterocycles. The molecule has 0 aliphatic heterocycles. The molecule has 0 heterocycles. The van der Waals surface area contributed by atoms with Crippen LogP contribution in [0.2, 0.25) is 0 Å². The van der Waals surface area contributed by atoms with E-state index in [1.165, 1.54) is 0 Å². The zero-order valence-corrected chi connectivity index (χ0v) is 9.94. The summed E-state index contributed by atoms with van der Waals surface area (Å²) in [6.07, 6.45) is 0. The molecule has 0 spiro atoms. The summed E-state index contributed by atoms with van der Waals surface area (Å²) >= 11 is 0. The molecule has 1 nitrogen and oxygen atoms in total. The van der Waals surface area contributed by atoms with Gasteiger partial charge in [-0.1, -0.05) is 11.4 Å². The van der Waals surface area contributed by atoms with E-state index in [0.717, 1.165) is 20.5 Å². The lowest BCUT2D eigenvalue weighted by Gasteiger charge is -1.77. The zero-order valence-electron chi connectivity index (χ0n) is 5.13. The highest BCUT2D eigenvalue weighted by molar-refractivity contribution is 7.90. The zero-order chi connectivity index (χ0) is 6.41. The van der Waals surface area contributed by atoms with E-state index in [1.54, 1.807) is 10.8 Å². The second-order valence-electron chi connectivity index (χ2n) is 1.27. The van der Waals surface area contributed by atoms with Gasteiger partial charge in [0, 0.05) is 20.5 Å². The van der Waals surface area contributed by atoms with Gasteiger partial charge in [0.25, 0.3) is 0 Å². The van der Waals surface area contributed by atoms with Crippen molar-refractivity contribution in [3.8, 4) is 0 Å². The average Bonchev–Trinajstić information content (AvgIpc) is 1.68. The van der Waals surface area contributed by atoms with Crippen LogP contribution in [0, 0.1) is 0 Å². The van der Waals surface area contributed by atoms with Crippen LogP contribution < -0.4 is 0 Å². The van der Waals surface area contributed by atoms with Crippen LogP contribution in [0.4, 0.5) is 0 Å². The molecule has 0 aromatic rings. The molecule has 0 aliphatic rings. The third-order valence-electron chi connectivity index (χ3n) is 0.540. The van der Waals surface area contributed by atoms with Crippen molar-refractivity contribution in [3.63, 3.8) is 0 Å². The monoisotopic (exact) mass is 162 g/mol. The largest absolute Gasteiger partial charge is 0.250 e. The molecule has 0 rings (SSSR count). The van der Waals surface area contributed by atoms with E-state index >= 15 is 0 Å². The van der Waals surface area contributed by atoms with Gasteiger partial charge in [-0.2, -0.15) is 0 Å². The Labute approximate surface area is 58.2 Å². The van der Waals surface area contributed by atoms with E-state index in [2.05, 4.69) is 0 Å². The normalized spacial score (nSPS) is 16.5. The fraction of sp³-hybridized carbons (Fsp3) is 0. The Bertz CT molecular complexity index is 116. The van der Waals surface area contributed by atoms with Crippen molar-refractivity contribution in [2.45, 2.75) is 0 Å². The molecule has 0 aromatic carbocycles. The summed E-state index contributed by atoms with van der Waals surface area (Å²) in [5, 5.41) is 3.45. The molecule has 0 atom stereocenters. The number of hydrogen-bond acceptors (Lipinski definition) is 1. The summed E-state index contributed by atoms with van der Waals surface area (Å²) in [6.45, 7) is 0. The summed E-state index contributed by atoms with van der Waals surface area (Å²) in [7, 11) is 1.18. The molecule has 46 valence electrons. The molecule has 0 bridgehead atoms. The Hall–Kier alpha value is 0.0638. The van der Waals surface area contributed by atoms with Gasteiger partial charge < -0.3 is 0 Å². The van der Waals surface area contributed by atoms with Crippen LogP contribution in [0.1, 0.15) is 0 Å². The van der Waals surface area contributed by atoms with Crippen molar-refractivity contribution < 1.29 is 4.21 Å². The van der Waals surface area contributed by atoms with Gasteiger partial charge in [0.2, 0.25) is 0 Å².